The van der Waals surface area contributed by atoms with Crippen LogP contribution in [0.4, 0.5) is 10.1 Å². The minimum absolute atomic E-state index is 0.0168. The number of para-hydroxylation sites is 1. The summed E-state index contributed by atoms with van der Waals surface area (Å²) >= 11 is 1.66. The van der Waals surface area contributed by atoms with Gasteiger partial charge in [-0.25, -0.2) is 4.39 Å². The molecule has 0 aromatic heterocycles. The lowest BCUT2D eigenvalue weighted by Crippen LogP contribution is -2.35. The van der Waals surface area contributed by atoms with Gasteiger partial charge >= 0.3 is 0 Å². The number of likely N-dealkylation sites (N-methyl/N-ethyl adjacent to an activating group) is 1. The van der Waals surface area contributed by atoms with E-state index in [-0.39, 0.29) is 11.7 Å². The van der Waals surface area contributed by atoms with Crippen LogP contribution in [0, 0.1) is 5.82 Å². The summed E-state index contributed by atoms with van der Waals surface area (Å²) in [5, 5.41) is 2.92. The summed E-state index contributed by atoms with van der Waals surface area (Å²) in [6.07, 6.45) is 0.878. The van der Waals surface area contributed by atoms with E-state index in [0.717, 1.165) is 22.8 Å². The first kappa shape index (κ1) is 17.3. The molecular weight excluding hydrogens is 311 g/mol. The molecular formula is C18H21FN2OS. The SMILES string of the molecule is CN(CC(=O)NCCCSc1ccc(F)cc1)c1ccccc1. The largest absolute Gasteiger partial charge is 0.365 e. The molecule has 0 radical (unpaired) electrons. The number of thioether (sulfide) groups is 1. The number of nitrogens with zero attached hydrogens (tertiary/aromatic N) is 1. The molecule has 2 aromatic rings. The standard InChI is InChI=1S/C18H21FN2OS/c1-21(16-6-3-2-4-7-16)14-18(22)20-12-5-13-23-17-10-8-15(19)9-11-17/h2-4,6-11H,5,12-14H2,1H3,(H,20,22). The van der Waals surface area contributed by atoms with Crippen LogP contribution < -0.4 is 10.2 Å². The zero-order chi connectivity index (χ0) is 16.5. The summed E-state index contributed by atoms with van der Waals surface area (Å²) in [5.74, 6) is 0.688. The number of benzene rings is 2. The number of anilines is 1. The molecule has 0 saturated heterocycles. The van der Waals surface area contributed by atoms with Crippen LogP contribution in [-0.2, 0) is 4.79 Å². The Morgan fingerprint density at radius 3 is 2.52 bits per heavy atom. The van der Waals surface area contributed by atoms with Crippen molar-refractivity contribution in [2.45, 2.75) is 11.3 Å². The Morgan fingerprint density at radius 2 is 1.83 bits per heavy atom. The van der Waals surface area contributed by atoms with Gasteiger partial charge < -0.3 is 10.2 Å². The third-order valence-electron chi connectivity index (χ3n) is 3.30. The van der Waals surface area contributed by atoms with E-state index in [1.807, 2.05) is 42.3 Å². The van der Waals surface area contributed by atoms with Gasteiger partial charge in [-0.1, -0.05) is 18.2 Å². The summed E-state index contributed by atoms with van der Waals surface area (Å²) < 4.78 is 12.8. The normalized spacial score (nSPS) is 10.3. The van der Waals surface area contributed by atoms with Crippen molar-refractivity contribution >= 4 is 23.4 Å². The van der Waals surface area contributed by atoms with Gasteiger partial charge in [-0.15, -0.1) is 11.8 Å². The molecule has 23 heavy (non-hydrogen) atoms. The molecule has 2 rings (SSSR count). The van der Waals surface area contributed by atoms with Crippen LogP contribution in [0.1, 0.15) is 6.42 Å². The molecule has 2 aromatic carbocycles. The minimum atomic E-state index is -0.218. The van der Waals surface area contributed by atoms with Gasteiger partial charge in [0, 0.05) is 24.2 Å². The van der Waals surface area contributed by atoms with E-state index in [1.54, 1.807) is 23.9 Å². The highest BCUT2D eigenvalue weighted by atomic mass is 32.2. The van der Waals surface area contributed by atoms with Crippen molar-refractivity contribution in [3.8, 4) is 0 Å². The molecule has 0 fully saturated rings. The van der Waals surface area contributed by atoms with Crippen molar-refractivity contribution in [2.75, 3.05) is 30.8 Å². The Hall–Kier alpha value is -2.01. The third-order valence-corrected chi connectivity index (χ3v) is 4.40. The average Bonchev–Trinajstić information content (AvgIpc) is 2.57. The van der Waals surface area contributed by atoms with E-state index >= 15 is 0 Å². The predicted octanol–water partition coefficient (Wildman–Crippen LogP) is 3.56. The molecule has 0 saturated carbocycles. The second-order valence-corrected chi connectivity index (χ2v) is 6.37. The number of hydrogen-bond acceptors (Lipinski definition) is 3. The number of halogens is 1. The summed E-state index contributed by atoms with van der Waals surface area (Å²) in [6, 6.07) is 16.3. The van der Waals surface area contributed by atoms with E-state index < -0.39 is 0 Å². The number of amides is 1. The van der Waals surface area contributed by atoms with Crippen molar-refractivity contribution in [3.63, 3.8) is 0 Å². The maximum Gasteiger partial charge on any atom is 0.239 e. The Balaban J connectivity index is 1.60. The van der Waals surface area contributed by atoms with Crippen LogP contribution in [0.3, 0.4) is 0 Å². The molecule has 5 heteroatoms. The first-order chi connectivity index (χ1) is 11.1. The van der Waals surface area contributed by atoms with Crippen molar-refractivity contribution in [3.05, 3.63) is 60.4 Å². The van der Waals surface area contributed by atoms with E-state index in [0.29, 0.717) is 13.1 Å². The highest BCUT2D eigenvalue weighted by Gasteiger charge is 2.06. The summed E-state index contributed by atoms with van der Waals surface area (Å²) in [7, 11) is 1.90. The van der Waals surface area contributed by atoms with Gasteiger partial charge in [0.05, 0.1) is 6.54 Å². The molecule has 0 aliphatic heterocycles. The lowest BCUT2D eigenvalue weighted by Gasteiger charge is -2.18. The first-order valence-electron chi connectivity index (χ1n) is 7.56. The number of carbonyl (C=O) groups excluding carboxylic acids is 1. The monoisotopic (exact) mass is 332 g/mol. The molecule has 0 heterocycles. The molecule has 0 aliphatic rings. The smallest absolute Gasteiger partial charge is 0.239 e. The van der Waals surface area contributed by atoms with Crippen LogP contribution in [0.15, 0.2) is 59.5 Å². The maximum atomic E-state index is 12.8. The zero-order valence-corrected chi connectivity index (χ0v) is 14.0. The van der Waals surface area contributed by atoms with Crippen LogP contribution in [0.25, 0.3) is 0 Å². The lowest BCUT2D eigenvalue weighted by molar-refractivity contribution is -0.119. The molecule has 1 amide bonds. The second kappa shape index (κ2) is 9.20. The topological polar surface area (TPSA) is 32.3 Å². The highest BCUT2D eigenvalue weighted by Crippen LogP contribution is 2.18. The molecule has 0 atom stereocenters. The van der Waals surface area contributed by atoms with Crippen LogP contribution in [-0.4, -0.2) is 31.8 Å². The van der Waals surface area contributed by atoms with Gasteiger partial charge in [-0.05, 0) is 48.6 Å². The van der Waals surface area contributed by atoms with E-state index in [9.17, 15) is 9.18 Å². The Bertz CT molecular complexity index is 604. The van der Waals surface area contributed by atoms with Crippen molar-refractivity contribution < 1.29 is 9.18 Å². The highest BCUT2D eigenvalue weighted by molar-refractivity contribution is 7.99. The van der Waals surface area contributed by atoms with Gasteiger partial charge in [0.25, 0.3) is 0 Å². The van der Waals surface area contributed by atoms with E-state index in [4.69, 9.17) is 0 Å². The molecule has 0 unspecified atom stereocenters. The lowest BCUT2D eigenvalue weighted by atomic mass is 10.3. The molecule has 0 aliphatic carbocycles. The molecule has 3 nitrogen and oxygen atoms in total. The molecule has 1 N–H and O–H groups in total. The third kappa shape index (κ3) is 6.32. The van der Waals surface area contributed by atoms with Gasteiger partial charge in [0.1, 0.15) is 5.82 Å². The first-order valence-corrected chi connectivity index (χ1v) is 8.55. The number of rotatable bonds is 8. The van der Waals surface area contributed by atoms with Gasteiger partial charge in [-0.3, -0.25) is 4.79 Å². The van der Waals surface area contributed by atoms with Crippen LogP contribution >= 0.6 is 11.8 Å². The fourth-order valence-corrected chi connectivity index (χ4v) is 2.92. The van der Waals surface area contributed by atoms with E-state index in [2.05, 4.69) is 5.32 Å². The second-order valence-electron chi connectivity index (χ2n) is 5.20. The van der Waals surface area contributed by atoms with Crippen molar-refractivity contribution in [1.29, 1.82) is 0 Å². The summed E-state index contributed by atoms with van der Waals surface area (Å²) in [6.45, 7) is 0.991. The molecule has 122 valence electrons. The van der Waals surface area contributed by atoms with Gasteiger partial charge in [0.2, 0.25) is 5.91 Å². The fraction of sp³-hybridized carbons (Fsp3) is 0.278. The Labute approximate surface area is 140 Å². The van der Waals surface area contributed by atoms with Crippen molar-refractivity contribution in [2.24, 2.45) is 0 Å². The number of hydrogen-bond donors (Lipinski definition) is 1. The quantitative estimate of drug-likeness (QED) is 0.592. The number of nitrogens with one attached hydrogen (secondary N) is 1. The average molecular weight is 332 g/mol. The van der Waals surface area contributed by atoms with E-state index in [1.165, 1.54) is 12.1 Å². The maximum absolute atomic E-state index is 12.8. The van der Waals surface area contributed by atoms with Crippen LogP contribution in [0.5, 0.6) is 0 Å². The predicted molar refractivity (Wildman–Crippen MR) is 94.5 cm³/mol. The summed E-state index contributed by atoms with van der Waals surface area (Å²) in [4.78, 5) is 14.9. The Morgan fingerprint density at radius 1 is 1.13 bits per heavy atom. The van der Waals surface area contributed by atoms with Gasteiger partial charge in [-0.2, -0.15) is 0 Å². The van der Waals surface area contributed by atoms with Crippen molar-refractivity contribution in [1.82, 2.24) is 5.32 Å². The minimum Gasteiger partial charge on any atom is -0.365 e. The molecule has 0 spiro atoms. The van der Waals surface area contributed by atoms with Gasteiger partial charge in [0.15, 0.2) is 0 Å². The number of carbonyl (C=O) groups is 1. The Kier molecular flexibility index (Phi) is 6.94. The fourth-order valence-electron chi connectivity index (χ4n) is 2.07. The van der Waals surface area contributed by atoms with Crippen LogP contribution in [0.2, 0.25) is 0 Å². The molecule has 0 bridgehead atoms. The summed E-state index contributed by atoms with van der Waals surface area (Å²) in [5.41, 5.74) is 1.02. The zero-order valence-electron chi connectivity index (χ0n) is 13.2.